The molecule has 90 valence electrons. The molecule has 0 aliphatic carbocycles. The highest BCUT2D eigenvalue weighted by molar-refractivity contribution is 8.07. The van der Waals surface area contributed by atoms with E-state index >= 15 is 0 Å². The van der Waals surface area contributed by atoms with Gasteiger partial charge in [-0.1, -0.05) is 25.4 Å². The van der Waals surface area contributed by atoms with E-state index in [1.807, 2.05) is 35.0 Å². The Morgan fingerprint density at radius 3 is 2.75 bits per heavy atom. The summed E-state index contributed by atoms with van der Waals surface area (Å²) in [6, 6.07) is 2.02. The molecule has 0 aromatic carbocycles. The van der Waals surface area contributed by atoms with Crippen LogP contribution in [-0.2, 0) is 0 Å². The van der Waals surface area contributed by atoms with Crippen LogP contribution in [0.5, 0.6) is 0 Å². The normalized spacial score (nSPS) is 32.6. The minimum Gasteiger partial charge on any atom is -0.322 e. The molecule has 1 saturated heterocycles. The molecule has 4 atom stereocenters. The largest absolute Gasteiger partial charge is 0.322 e. The second-order valence-corrected chi connectivity index (χ2v) is 8.46. The van der Waals surface area contributed by atoms with Crippen molar-refractivity contribution in [2.45, 2.75) is 35.6 Å². The Morgan fingerprint density at radius 2 is 2.19 bits per heavy atom. The highest BCUT2D eigenvalue weighted by Gasteiger charge is 2.31. The maximum atomic E-state index is 6.31. The molecule has 4 unspecified atom stereocenters. The summed E-state index contributed by atoms with van der Waals surface area (Å²) in [4.78, 5) is 1.14. The number of hydrogen-bond donors (Lipinski definition) is 1. The van der Waals surface area contributed by atoms with Crippen LogP contribution in [0.2, 0.25) is 5.02 Å². The number of thiophene rings is 1. The van der Waals surface area contributed by atoms with E-state index in [9.17, 15) is 0 Å². The van der Waals surface area contributed by atoms with Crippen molar-refractivity contribution in [3.05, 3.63) is 21.3 Å². The Balaban J connectivity index is 2.06. The number of rotatable bonds is 2. The molecule has 1 aromatic heterocycles. The summed E-state index contributed by atoms with van der Waals surface area (Å²) in [5, 5.41) is 4.74. The summed E-state index contributed by atoms with van der Waals surface area (Å²) < 4.78 is 0. The van der Waals surface area contributed by atoms with Gasteiger partial charge in [-0.3, -0.25) is 0 Å². The lowest BCUT2D eigenvalue weighted by Crippen LogP contribution is -2.33. The van der Waals surface area contributed by atoms with Gasteiger partial charge in [0.1, 0.15) is 0 Å². The molecule has 2 heterocycles. The summed E-state index contributed by atoms with van der Waals surface area (Å²) in [6.07, 6.45) is 0. The minimum absolute atomic E-state index is 0.0833. The summed E-state index contributed by atoms with van der Waals surface area (Å²) in [6.45, 7) is 4.58. The van der Waals surface area contributed by atoms with Crippen LogP contribution in [0, 0.1) is 0 Å². The second kappa shape index (κ2) is 5.53. The fraction of sp³-hybridized carbons (Fsp3) is 0.636. The van der Waals surface area contributed by atoms with Gasteiger partial charge < -0.3 is 5.73 Å². The van der Waals surface area contributed by atoms with Crippen LogP contribution >= 0.6 is 46.5 Å². The van der Waals surface area contributed by atoms with Gasteiger partial charge in [-0.25, -0.2) is 0 Å². The Labute approximate surface area is 115 Å². The Kier molecular flexibility index (Phi) is 4.52. The molecule has 2 rings (SSSR count). The monoisotopic (exact) mass is 293 g/mol. The highest BCUT2D eigenvalue weighted by Crippen LogP contribution is 2.42. The fourth-order valence-corrected chi connectivity index (χ4v) is 6.07. The first-order chi connectivity index (χ1) is 7.59. The van der Waals surface area contributed by atoms with Gasteiger partial charge in [0, 0.05) is 26.4 Å². The molecule has 0 saturated carbocycles. The van der Waals surface area contributed by atoms with E-state index in [1.165, 1.54) is 0 Å². The van der Waals surface area contributed by atoms with Crippen molar-refractivity contribution in [3.8, 4) is 0 Å². The maximum Gasteiger partial charge on any atom is 0.0561 e. The van der Waals surface area contributed by atoms with Crippen molar-refractivity contribution < 1.29 is 0 Å². The summed E-state index contributed by atoms with van der Waals surface area (Å²) in [7, 11) is 0. The average molecular weight is 294 g/mol. The molecular weight excluding hydrogens is 278 g/mol. The quantitative estimate of drug-likeness (QED) is 0.892. The van der Waals surface area contributed by atoms with E-state index in [4.69, 9.17) is 17.3 Å². The molecule has 16 heavy (non-hydrogen) atoms. The molecule has 0 radical (unpaired) electrons. The third-order valence-electron chi connectivity index (χ3n) is 2.92. The molecule has 1 nitrogen and oxygen atoms in total. The van der Waals surface area contributed by atoms with Gasteiger partial charge >= 0.3 is 0 Å². The lowest BCUT2D eigenvalue weighted by Gasteiger charge is -2.34. The van der Waals surface area contributed by atoms with E-state index < -0.39 is 0 Å². The first kappa shape index (κ1) is 13.1. The topological polar surface area (TPSA) is 26.0 Å². The maximum absolute atomic E-state index is 6.31. The van der Waals surface area contributed by atoms with Crippen molar-refractivity contribution in [2.24, 2.45) is 5.73 Å². The Bertz CT molecular complexity index is 355. The van der Waals surface area contributed by atoms with Gasteiger partial charge in [0.05, 0.1) is 11.1 Å². The van der Waals surface area contributed by atoms with Gasteiger partial charge in [-0.15, -0.1) is 11.3 Å². The zero-order chi connectivity index (χ0) is 11.7. The van der Waals surface area contributed by atoms with Crippen LogP contribution in [0.25, 0.3) is 0 Å². The predicted octanol–water partition coefficient (Wildman–Crippen LogP) is 4.03. The van der Waals surface area contributed by atoms with E-state index in [0.29, 0.717) is 10.5 Å². The molecule has 0 spiro atoms. The van der Waals surface area contributed by atoms with Gasteiger partial charge in [0.2, 0.25) is 0 Å². The smallest absolute Gasteiger partial charge is 0.0561 e. The van der Waals surface area contributed by atoms with Gasteiger partial charge in [0.15, 0.2) is 0 Å². The van der Waals surface area contributed by atoms with Crippen molar-refractivity contribution in [3.63, 3.8) is 0 Å². The van der Waals surface area contributed by atoms with E-state index in [-0.39, 0.29) is 6.04 Å². The van der Waals surface area contributed by atoms with Gasteiger partial charge in [-0.2, -0.15) is 23.5 Å². The molecule has 1 aliphatic heterocycles. The van der Waals surface area contributed by atoms with Gasteiger partial charge in [-0.05, 0) is 11.4 Å². The summed E-state index contributed by atoms with van der Waals surface area (Å²) >= 11 is 11.8. The number of halogens is 1. The molecule has 5 heteroatoms. The summed E-state index contributed by atoms with van der Waals surface area (Å²) in [5.41, 5.74) is 6.31. The molecule has 0 bridgehead atoms. The zero-order valence-electron chi connectivity index (χ0n) is 9.35. The molecule has 0 amide bonds. The minimum atomic E-state index is 0.0833. The van der Waals surface area contributed by atoms with Crippen LogP contribution in [-0.4, -0.2) is 21.5 Å². The molecule has 1 fully saturated rings. The standard InChI is InChI=1S/C11H16ClNS3/c1-6-7(2)16-9(5-15-6)10(13)11-8(12)3-4-14-11/h3-4,6-7,9-10H,5,13H2,1-2H3. The number of nitrogens with two attached hydrogens (primary N) is 1. The lowest BCUT2D eigenvalue weighted by atomic mass is 10.2. The Morgan fingerprint density at radius 1 is 1.44 bits per heavy atom. The SMILES string of the molecule is CC1SCC(C(N)c2sccc2Cl)SC1C. The van der Waals surface area contributed by atoms with Crippen LogP contribution in [0.1, 0.15) is 24.8 Å². The van der Waals surface area contributed by atoms with Crippen LogP contribution < -0.4 is 5.73 Å². The van der Waals surface area contributed by atoms with Crippen molar-refractivity contribution >= 4 is 46.5 Å². The molecular formula is C11H16ClNS3. The highest BCUT2D eigenvalue weighted by atomic mass is 35.5. The fourth-order valence-electron chi connectivity index (χ4n) is 1.71. The van der Waals surface area contributed by atoms with Crippen molar-refractivity contribution in [1.29, 1.82) is 0 Å². The molecule has 1 aromatic rings. The zero-order valence-corrected chi connectivity index (χ0v) is 12.6. The van der Waals surface area contributed by atoms with E-state index in [1.54, 1.807) is 11.3 Å². The van der Waals surface area contributed by atoms with Gasteiger partial charge in [0.25, 0.3) is 0 Å². The first-order valence-electron chi connectivity index (χ1n) is 5.35. The van der Waals surface area contributed by atoms with Crippen molar-refractivity contribution in [2.75, 3.05) is 5.75 Å². The second-order valence-electron chi connectivity index (χ2n) is 4.08. The predicted molar refractivity (Wildman–Crippen MR) is 79.0 cm³/mol. The van der Waals surface area contributed by atoms with Crippen LogP contribution in [0.3, 0.4) is 0 Å². The number of hydrogen-bond acceptors (Lipinski definition) is 4. The van der Waals surface area contributed by atoms with Crippen molar-refractivity contribution in [1.82, 2.24) is 0 Å². The third-order valence-corrected chi connectivity index (χ3v) is 7.90. The lowest BCUT2D eigenvalue weighted by molar-refractivity contribution is 0.720. The Hall–Kier alpha value is 0.650. The molecule has 2 N–H and O–H groups in total. The van der Waals surface area contributed by atoms with Crippen LogP contribution in [0.4, 0.5) is 0 Å². The van der Waals surface area contributed by atoms with E-state index in [2.05, 4.69) is 13.8 Å². The average Bonchev–Trinajstić information content (AvgIpc) is 2.67. The first-order valence-corrected chi connectivity index (χ1v) is 8.60. The van der Waals surface area contributed by atoms with Crippen LogP contribution in [0.15, 0.2) is 11.4 Å². The third kappa shape index (κ3) is 2.72. The van der Waals surface area contributed by atoms with E-state index in [0.717, 1.165) is 20.9 Å². The molecule has 1 aliphatic rings. The summed E-state index contributed by atoms with van der Waals surface area (Å²) in [5.74, 6) is 1.13. The number of thioether (sulfide) groups is 2.